The topological polar surface area (TPSA) is 77.2 Å². The van der Waals surface area contributed by atoms with Gasteiger partial charge in [0.1, 0.15) is 0 Å². The number of benzene rings is 2. The third-order valence-electron chi connectivity index (χ3n) is 4.99. The Morgan fingerprint density at radius 2 is 2.08 bits per heavy atom. The molecule has 0 saturated carbocycles. The largest absolute Gasteiger partial charge is 0.395 e. The lowest BCUT2D eigenvalue weighted by molar-refractivity contribution is 0.0945. The van der Waals surface area contributed by atoms with Gasteiger partial charge in [0.05, 0.1) is 6.61 Å². The highest BCUT2D eigenvalue weighted by Crippen LogP contribution is 2.30. The summed E-state index contributed by atoms with van der Waals surface area (Å²) in [6.45, 7) is 0.209. The van der Waals surface area contributed by atoms with Gasteiger partial charge in [0.2, 0.25) is 0 Å². The number of H-pyrrole nitrogens is 1. The molecule has 0 spiro atoms. The average molecular weight is 349 g/mol. The Hall–Kier alpha value is -2.79. The van der Waals surface area contributed by atoms with Crippen LogP contribution in [0.5, 0.6) is 0 Å². The first-order valence-electron chi connectivity index (χ1n) is 9.08. The van der Waals surface area contributed by atoms with Gasteiger partial charge >= 0.3 is 0 Å². The molecule has 0 bridgehead atoms. The highest BCUT2D eigenvalue weighted by molar-refractivity contribution is 5.95. The van der Waals surface area contributed by atoms with Gasteiger partial charge in [-0.25, -0.2) is 0 Å². The van der Waals surface area contributed by atoms with Crippen LogP contribution in [-0.2, 0) is 12.8 Å². The van der Waals surface area contributed by atoms with Crippen molar-refractivity contribution in [3.63, 3.8) is 0 Å². The second-order valence-corrected chi connectivity index (χ2v) is 6.77. The van der Waals surface area contributed by atoms with Gasteiger partial charge in [0.25, 0.3) is 5.91 Å². The number of hydrogen-bond acceptors (Lipinski definition) is 3. The maximum Gasteiger partial charge on any atom is 0.251 e. The SMILES string of the molecule is O=C(NCCO)c1cccc(NC2CCc3[nH]c4ccccc4c3C2)c1. The molecule has 0 aliphatic heterocycles. The molecule has 1 unspecified atom stereocenters. The summed E-state index contributed by atoms with van der Waals surface area (Å²) in [5.41, 5.74) is 5.52. The molecule has 5 nitrogen and oxygen atoms in total. The van der Waals surface area contributed by atoms with Gasteiger partial charge in [0.15, 0.2) is 0 Å². The molecule has 1 aliphatic carbocycles. The Morgan fingerprint density at radius 1 is 1.19 bits per heavy atom. The summed E-state index contributed by atoms with van der Waals surface area (Å²) in [4.78, 5) is 15.6. The van der Waals surface area contributed by atoms with Crippen molar-refractivity contribution in [1.29, 1.82) is 0 Å². The molecular formula is C21H23N3O2. The second-order valence-electron chi connectivity index (χ2n) is 6.77. The molecule has 3 aromatic rings. The normalized spacial score (nSPS) is 16.3. The molecule has 1 heterocycles. The third-order valence-corrected chi connectivity index (χ3v) is 4.99. The average Bonchev–Trinajstić information content (AvgIpc) is 3.04. The maximum absolute atomic E-state index is 12.1. The minimum absolute atomic E-state index is 0.0568. The minimum Gasteiger partial charge on any atom is -0.395 e. The lowest BCUT2D eigenvalue weighted by Crippen LogP contribution is -2.28. The van der Waals surface area contributed by atoms with E-state index >= 15 is 0 Å². The number of rotatable bonds is 5. The number of aromatic amines is 1. The van der Waals surface area contributed by atoms with E-state index in [4.69, 9.17) is 5.11 Å². The van der Waals surface area contributed by atoms with Crippen molar-refractivity contribution < 1.29 is 9.90 Å². The zero-order valence-electron chi connectivity index (χ0n) is 14.6. The molecule has 1 aromatic heterocycles. The van der Waals surface area contributed by atoms with E-state index in [1.807, 2.05) is 18.2 Å². The summed E-state index contributed by atoms with van der Waals surface area (Å²) in [6, 6.07) is 16.3. The summed E-state index contributed by atoms with van der Waals surface area (Å²) in [5, 5.41) is 16.4. The fourth-order valence-electron chi connectivity index (χ4n) is 3.75. The summed E-state index contributed by atoms with van der Waals surface area (Å²) >= 11 is 0. The van der Waals surface area contributed by atoms with Crippen molar-refractivity contribution in [3.05, 3.63) is 65.4 Å². The molecule has 0 saturated heterocycles. The minimum atomic E-state index is -0.162. The van der Waals surface area contributed by atoms with Crippen molar-refractivity contribution in [2.45, 2.75) is 25.3 Å². The van der Waals surface area contributed by atoms with Gasteiger partial charge in [-0.3, -0.25) is 4.79 Å². The number of amides is 1. The molecule has 134 valence electrons. The van der Waals surface area contributed by atoms with E-state index < -0.39 is 0 Å². The Bertz CT molecular complexity index is 932. The van der Waals surface area contributed by atoms with E-state index in [1.54, 1.807) is 6.07 Å². The molecule has 1 atom stereocenters. The molecule has 1 aliphatic rings. The molecule has 4 N–H and O–H groups in total. The van der Waals surface area contributed by atoms with Crippen LogP contribution in [0.15, 0.2) is 48.5 Å². The predicted molar refractivity (Wildman–Crippen MR) is 104 cm³/mol. The quantitative estimate of drug-likeness (QED) is 0.572. The number of nitrogens with one attached hydrogen (secondary N) is 3. The number of carbonyl (C=O) groups excluding carboxylic acids is 1. The Labute approximate surface area is 152 Å². The number of hydrogen-bond donors (Lipinski definition) is 4. The van der Waals surface area contributed by atoms with E-state index in [-0.39, 0.29) is 19.1 Å². The Balaban J connectivity index is 1.49. The molecule has 2 aromatic carbocycles. The first-order chi connectivity index (χ1) is 12.7. The van der Waals surface area contributed by atoms with Crippen molar-refractivity contribution in [1.82, 2.24) is 10.3 Å². The molecule has 26 heavy (non-hydrogen) atoms. The zero-order valence-corrected chi connectivity index (χ0v) is 14.6. The zero-order chi connectivity index (χ0) is 17.9. The molecular weight excluding hydrogens is 326 g/mol. The molecule has 0 fully saturated rings. The smallest absolute Gasteiger partial charge is 0.251 e. The molecule has 0 radical (unpaired) electrons. The molecule has 4 rings (SSSR count). The number of aryl methyl sites for hydroxylation is 1. The van der Waals surface area contributed by atoms with Crippen LogP contribution < -0.4 is 10.6 Å². The summed E-state index contributed by atoms with van der Waals surface area (Å²) in [5.74, 6) is -0.162. The highest BCUT2D eigenvalue weighted by Gasteiger charge is 2.22. The van der Waals surface area contributed by atoms with Crippen LogP contribution in [-0.4, -0.2) is 35.2 Å². The fourth-order valence-corrected chi connectivity index (χ4v) is 3.75. The molecule has 5 heteroatoms. The number of para-hydroxylation sites is 1. The number of aromatic nitrogens is 1. The van der Waals surface area contributed by atoms with Crippen molar-refractivity contribution >= 4 is 22.5 Å². The van der Waals surface area contributed by atoms with Gasteiger partial charge < -0.3 is 20.7 Å². The van der Waals surface area contributed by atoms with E-state index in [9.17, 15) is 4.79 Å². The number of anilines is 1. The maximum atomic E-state index is 12.1. The van der Waals surface area contributed by atoms with Crippen LogP contribution in [0.25, 0.3) is 10.9 Å². The Kier molecular flexibility index (Phi) is 4.63. The predicted octanol–water partition coefficient (Wildman–Crippen LogP) is 2.86. The van der Waals surface area contributed by atoms with Gasteiger partial charge in [-0.05, 0) is 49.1 Å². The summed E-state index contributed by atoms with van der Waals surface area (Å²) < 4.78 is 0. The highest BCUT2D eigenvalue weighted by atomic mass is 16.3. The van der Waals surface area contributed by atoms with Crippen LogP contribution in [0.1, 0.15) is 28.0 Å². The van der Waals surface area contributed by atoms with Gasteiger partial charge in [-0.2, -0.15) is 0 Å². The van der Waals surface area contributed by atoms with Crippen LogP contribution in [0, 0.1) is 0 Å². The van der Waals surface area contributed by atoms with Gasteiger partial charge in [-0.15, -0.1) is 0 Å². The number of aliphatic hydroxyl groups excluding tert-OH is 1. The standard InChI is InChI=1S/C21H23N3O2/c25-11-10-22-21(26)14-4-3-5-15(12-14)23-16-8-9-20-18(13-16)17-6-1-2-7-19(17)24-20/h1-7,12,16,23-25H,8-11,13H2,(H,22,26). The fraction of sp³-hybridized carbons (Fsp3) is 0.286. The van der Waals surface area contributed by atoms with E-state index in [1.165, 1.54) is 22.2 Å². The van der Waals surface area contributed by atoms with Crippen LogP contribution in [0.2, 0.25) is 0 Å². The number of carbonyl (C=O) groups is 1. The van der Waals surface area contributed by atoms with E-state index in [0.29, 0.717) is 11.6 Å². The number of aliphatic hydroxyl groups is 1. The van der Waals surface area contributed by atoms with Crippen LogP contribution >= 0.6 is 0 Å². The van der Waals surface area contributed by atoms with Crippen LogP contribution in [0.3, 0.4) is 0 Å². The Morgan fingerprint density at radius 3 is 2.96 bits per heavy atom. The lowest BCUT2D eigenvalue weighted by atomic mass is 9.91. The second kappa shape index (κ2) is 7.22. The van der Waals surface area contributed by atoms with E-state index in [0.717, 1.165) is 24.9 Å². The van der Waals surface area contributed by atoms with Crippen molar-refractivity contribution in [2.24, 2.45) is 0 Å². The lowest BCUT2D eigenvalue weighted by Gasteiger charge is -2.25. The van der Waals surface area contributed by atoms with Gasteiger partial charge in [-0.1, -0.05) is 24.3 Å². The molecule has 1 amide bonds. The number of fused-ring (bicyclic) bond motifs is 3. The summed E-state index contributed by atoms with van der Waals surface area (Å²) in [6.07, 6.45) is 3.05. The van der Waals surface area contributed by atoms with Crippen molar-refractivity contribution in [2.75, 3.05) is 18.5 Å². The third kappa shape index (κ3) is 3.30. The van der Waals surface area contributed by atoms with Gasteiger partial charge in [0, 0.05) is 40.4 Å². The van der Waals surface area contributed by atoms with Crippen molar-refractivity contribution in [3.8, 4) is 0 Å². The first-order valence-corrected chi connectivity index (χ1v) is 9.08. The summed E-state index contributed by atoms with van der Waals surface area (Å²) in [7, 11) is 0. The monoisotopic (exact) mass is 349 g/mol. The first kappa shape index (κ1) is 16.7. The van der Waals surface area contributed by atoms with Crippen LogP contribution in [0.4, 0.5) is 5.69 Å². The van der Waals surface area contributed by atoms with E-state index in [2.05, 4.69) is 39.9 Å².